The summed E-state index contributed by atoms with van der Waals surface area (Å²) in [5.74, 6) is -0.528. The lowest BCUT2D eigenvalue weighted by molar-refractivity contribution is 0.0468. The minimum atomic E-state index is -0.719. The van der Waals surface area contributed by atoms with Gasteiger partial charge in [-0.1, -0.05) is 0 Å². The molecule has 0 atom stereocenters. The molecule has 1 N–H and O–H groups in total. The van der Waals surface area contributed by atoms with Gasteiger partial charge in [0.2, 0.25) is 0 Å². The van der Waals surface area contributed by atoms with E-state index in [1.165, 1.54) is 0 Å². The van der Waals surface area contributed by atoms with E-state index in [1.54, 1.807) is 39.0 Å². The van der Waals surface area contributed by atoms with Crippen molar-refractivity contribution >= 4 is 17.7 Å². The molecule has 0 saturated heterocycles. The van der Waals surface area contributed by atoms with Crippen LogP contribution in [0.4, 0.5) is 0 Å². The maximum atomic E-state index is 12.4. The van der Waals surface area contributed by atoms with Gasteiger partial charge in [0.25, 0.3) is 0 Å². The second-order valence-corrected chi connectivity index (χ2v) is 6.56. The lowest BCUT2D eigenvalue weighted by Crippen LogP contribution is -2.15. The Morgan fingerprint density at radius 2 is 1.76 bits per heavy atom. The monoisotopic (exact) mass is 401 g/mol. The van der Waals surface area contributed by atoms with Crippen molar-refractivity contribution < 1.29 is 33.3 Å². The van der Waals surface area contributed by atoms with Crippen LogP contribution in [0.3, 0.4) is 0 Å². The number of hydrogen-bond acceptors (Lipinski definition) is 7. The lowest BCUT2D eigenvalue weighted by Gasteiger charge is -2.09. The summed E-state index contributed by atoms with van der Waals surface area (Å²) in [5, 5.41) is 0. The van der Waals surface area contributed by atoms with Gasteiger partial charge in [0, 0.05) is 17.7 Å². The molecule has 0 fully saturated rings. The van der Waals surface area contributed by atoms with Gasteiger partial charge in [0.15, 0.2) is 23.9 Å². The van der Waals surface area contributed by atoms with Crippen molar-refractivity contribution in [2.75, 3.05) is 26.4 Å². The summed E-state index contributed by atoms with van der Waals surface area (Å²) in [4.78, 5) is 39.8. The number of fused-ring (bicyclic) bond motifs is 1. The summed E-state index contributed by atoms with van der Waals surface area (Å²) < 4.78 is 21.3. The minimum Gasteiger partial charge on any atom is -0.490 e. The number of esters is 2. The molecule has 1 aliphatic heterocycles. The van der Waals surface area contributed by atoms with Gasteiger partial charge in [0.1, 0.15) is 5.69 Å². The van der Waals surface area contributed by atoms with E-state index in [0.29, 0.717) is 47.1 Å². The smallest absolute Gasteiger partial charge is 0.355 e. The maximum Gasteiger partial charge on any atom is 0.355 e. The van der Waals surface area contributed by atoms with Crippen LogP contribution < -0.4 is 9.47 Å². The molecule has 0 bridgehead atoms. The van der Waals surface area contributed by atoms with Crippen LogP contribution in [0.5, 0.6) is 11.5 Å². The largest absolute Gasteiger partial charge is 0.490 e. The fraction of sp³-hybridized carbons (Fsp3) is 0.381. The van der Waals surface area contributed by atoms with E-state index in [9.17, 15) is 14.4 Å². The van der Waals surface area contributed by atoms with Crippen molar-refractivity contribution in [3.05, 3.63) is 46.3 Å². The number of carbonyl (C=O) groups is 3. The van der Waals surface area contributed by atoms with E-state index in [4.69, 9.17) is 18.9 Å². The van der Waals surface area contributed by atoms with Crippen LogP contribution in [0.2, 0.25) is 0 Å². The van der Waals surface area contributed by atoms with Crippen molar-refractivity contribution in [1.82, 2.24) is 4.98 Å². The number of aromatic amines is 1. The molecule has 1 aromatic heterocycles. The molecule has 2 aromatic rings. The Morgan fingerprint density at radius 3 is 2.48 bits per heavy atom. The Hall–Kier alpha value is -3.29. The first-order valence-electron chi connectivity index (χ1n) is 9.38. The second kappa shape index (κ2) is 8.81. The zero-order valence-electron chi connectivity index (χ0n) is 16.6. The molecule has 1 aromatic carbocycles. The SMILES string of the molecule is CCOC(=O)c1c(C)[nH]c(C(=O)OCC(=O)c2ccc3c(c2)OCCCO3)c1C. The van der Waals surface area contributed by atoms with E-state index >= 15 is 0 Å². The second-order valence-electron chi connectivity index (χ2n) is 6.56. The summed E-state index contributed by atoms with van der Waals surface area (Å²) >= 11 is 0. The summed E-state index contributed by atoms with van der Waals surface area (Å²) in [6.45, 7) is 5.85. The fourth-order valence-electron chi connectivity index (χ4n) is 3.09. The lowest BCUT2D eigenvalue weighted by atomic mass is 10.1. The third kappa shape index (κ3) is 4.42. The number of aromatic nitrogens is 1. The molecule has 2 heterocycles. The topological polar surface area (TPSA) is 104 Å². The molecular formula is C21H23NO7. The first kappa shape index (κ1) is 20.4. The molecule has 0 saturated carbocycles. The van der Waals surface area contributed by atoms with Crippen molar-refractivity contribution in [2.45, 2.75) is 27.2 Å². The normalized spacial score (nSPS) is 12.8. The van der Waals surface area contributed by atoms with Crippen LogP contribution >= 0.6 is 0 Å². The Labute approximate surface area is 168 Å². The molecule has 8 nitrogen and oxygen atoms in total. The number of ether oxygens (including phenoxy) is 4. The third-order valence-corrected chi connectivity index (χ3v) is 4.53. The van der Waals surface area contributed by atoms with Crippen molar-refractivity contribution in [3.8, 4) is 11.5 Å². The summed E-state index contributed by atoms with van der Waals surface area (Å²) in [6, 6.07) is 4.85. The molecule has 1 aliphatic rings. The van der Waals surface area contributed by atoms with Crippen LogP contribution in [0.15, 0.2) is 18.2 Å². The zero-order valence-corrected chi connectivity index (χ0v) is 16.6. The quantitative estimate of drug-likeness (QED) is 0.586. The highest BCUT2D eigenvalue weighted by Crippen LogP contribution is 2.30. The molecule has 3 rings (SSSR count). The summed E-state index contributed by atoms with van der Waals surface area (Å²) in [7, 11) is 0. The van der Waals surface area contributed by atoms with Gasteiger partial charge in [-0.3, -0.25) is 4.79 Å². The number of benzene rings is 1. The van der Waals surface area contributed by atoms with Gasteiger partial charge < -0.3 is 23.9 Å². The highest BCUT2D eigenvalue weighted by Gasteiger charge is 2.24. The van der Waals surface area contributed by atoms with Crippen LogP contribution in [-0.4, -0.2) is 49.1 Å². The minimum absolute atomic E-state index is 0.122. The number of nitrogens with one attached hydrogen (secondary N) is 1. The van der Waals surface area contributed by atoms with Crippen LogP contribution in [-0.2, 0) is 9.47 Å². The fourth-order valence-corrected chi connectivity index (χ4v) is 3.09. The molecule has 0 spiro atoms. The first-order valence-corrected chi connectivity index (χ1v) is 9.38. The van der Waals surface area contributed by atoms with Crippen molar-refractivity contribution in [2.24, 2.45) is 0 Å². The van der Waals surface area contributed by atoms with Gasteiger partial charge in [-0.15, -0.1) is 0 Å². The van der Waals surface area contributed by atoms with Gasteiger partial charge in [-0.05, 0) is 44.5 Å². The molecule has 154 valence electrons. The number of aryl methyl sites for hydroxylation is 1. The molecular weight excluding hydrogens is 378 g/mol. The highest BCUT2D eigenvalue weighted by molar-refractivity contribution is 6.01. The zero-order chi connectivity index (χ0) is 21.0. The molecule has 0 radical (unpaired) electrons. The summed E-state index contributed by atoms with van der Waals surface area (Å²) in [5.41, 5.74) is 1.70. The summed E-state index contributed by atoms with van der Waals surface area (Å²) in [6.07, 6.45) is 0.762. The van der Waals surface area contributed by atoms with E-state index in [0.717, 1.165) is 6.42 Å². The van der Waals surface area contributed by atoms with E-state index in [-0.39, 0.29) is 18.1 Å². The van der Waals surface area contributed by atoms with Gasteiger partial charge in [0.05, 0.1) is 25.4 Å². The number of Topliss-reactive ketones (excluding diaryl/α,β-unsaturated/α-hetero) is 1. The van der Waals surface area contributed by atoms with Crippen molar-refractivity contribution in [1.29, 1.82) is 0 Å². The Balaban J connectivity index is 1.68. The Morgan fingerprint density at radius 1 is 1.03 bits per heavy atom. The van der Waals surface area contributed by atoms with Gasteiger partial charge in [-0.25, -0.2) is 9.59 Å². The predicted octanol–water partition coefficient (Wildman–Crippen LogP) is 3.01. The molecule has 8 heteroatoms. The number of ketones is 1. The van der Waals surface area contributed by atoms with Crippen LogP contribution in [0, 0.1) is 13.8 Å². The molecule has 0 amide bonds. The van der Waals surface area contributed by atoms with Gasteiger partial charge >= 0.3 is 11.9 Å². The first-order chi connectivity index (χ1) is 13.9. The number of carbonyl (C=O) groups excluding carboxylic acids is 3. The Kier molecular flexibility index (Phi) is 6.21. The van der Waals surface area contributed by atoms with Gasteiger partial charge in [-0.2, -0.15) is 0 Å². The molecule has 0 unspecified atom stereocenters. The predicted molar refractivity (Wildman–Crippen MR) is 103 cm³/mol. The highest BCUT2D eigenvalue weighted by atomic mass is 16.5. The average Bonchev–Trinajstić information content (AvgIpc) is 2.86. The standard InChI is InChI=1S/C21H23NO7/c1-4-26-20(24)18-12(2)19(22-13(18)3)21(25)29-11-15(23)14-6-7-16-17(10-14)28-9-5-8-27-16/h6-7,10,22H,4-5,8-9,11H2,1-3H3. The van der Waals surface area contributed by atoms with Crippen molar-refractivity contribution in [3.63, 3.8) is 0 Å². The molecule has 0 aliphatic carbocycles. The van der Waals surface area contributed by atoms with Crippen LogP contribution in [0.25, 0.3) is 0 Å². The number of hydrogen-bond donors (Lipinski definition) is 1. The number of rotatable bonds is 6. The average molecular weight is 401 g/mol. The molecule has 29 heavy (non-hydrogen) atoms. The Bertz CT molecular complexity index is 945. The maximum absolute atomic E-state index is 12.4. The van der Waals surface area contributed by atoms with E-state index in [2.05, 4.69) is 4.98 Å². The van der Waals surface area contributed by atoms with E-state index < -0.39 is 18.5 Å². The number of H-pyrrole nitrogens is 1. The third-order valence-electron chi connectivity index (χ3n) is 4.53. The van der Waals surface area contributed by atoms with Crippen LogP contribution in [0.1, 0.15) is 55.8 Å². The van der Waals surface area contributed by atoms with E-state index in [1.807, 2.05) is 0 Å².